The lowest BCUT2D eigenvalue weighted by Crippen LogP contribution is -2.47. The van der Waals surface area contributed by atoms with Crippen LogP contribution in [0.3, 0.4) is 0 Å². The van der Waals surface area contributed by atoms with Crippen molar-refractivity contribution in [2.45, 2.75) is 38.1 Å². The maximum Gasteiger partial charge on any atom is 0.326 e. The maximum atomic E-state index is 11.3. The van der Waals surface area contributed by atoms with Gasteiger partial charge in [0.2, 0.25) is 0 Å². The Morgan fingerprint density at radius 3 is 2.39 bits per heavy atom. The van der Waals surface area contributed by atoms with E-state index in [9.17, 15) is 14.4 Å². The van der Waals surface area contributed by atoms with Gasteiger partial charge in [0.05, 0.1) is 6.42 Å². The van der Waals surface area contributed by atoms with Crippen molar-refractivity contribution in [1.82, 2.24) is 10.6 Å². The molecule has 1 aliphatic carbocycles. The quantitative estimate of drug-likeness (QED) is 0.470. The van der Waals surface area contributed by atoms with Gasteiger partial charge in [-0.15, -0.1) is 0 Å². The first-order valence-corrected chi connectivity index (χ1v) is 5.98. The van der Waals surface area contributed by atoms with Crippen LogP contribution in [0.5, 0.6) is 0 Å². The third-order valence-corrected chi connectivity index (χ3v) is 2.75. The summed E-state index contributed by atoms with van der Waals surface area (Å²) in [5.41, 5.74) is 0. The fourth-order valence-corrected chi connectivity index (χ4v) is 1.58. The number of carbonyl (C=O) groups is 3. The van der Waals surface area contributed by atoms with Crippen LogP contribution in [0.25, 0.3) is 0 Å². The molecule has 102 valence electrons. The minimum absolute atomic E-state index is 0.474. The number of nitrogens with one attached hydrogen (secondary N) is 2. The molecular weight excluding hydrogens is 240 g/mol. The second-order valence-corrected chi connectivity index (χ2v) is 4.47. The Morgan fingerprint density at radius 2 is 1.89 bits per heavy atom. The molecule has 7 nitrogen and oxygen atoms in total. The van der Waals surface area contributed by atoms with Gasteiger partial charge in [0.15, 0.2) is 0 Å². The van der Waals surface area contributed by atoms with Crippen LogP contribution in [-0.2, 0) is 9.59 Å². The van der Waals surface area contributed by atoms with Crippen molar-refractivity contribution in [1.29, 1.82) is 0 Å². The van der Waals surface area contributed by atoms with E-state index in [2.05, 4.69) is 10.6 Å². The molecular formula is C11H18N2O5. The number of aliphatic carboxylic acids is 2. The van der Waals surface area contributed by atoms with Gasteiger partial charge in [-0.1, -0.05) is 12.8 Å². The Hall–Kier alpha value is -1.79. The molecule has 18 heavy (non-hydrogen) atoms. The van der Waals surface area contributed by atoms with Crippen molar-refractivity contribution < 1.29 is 24.6 Å². The molecule has 7 heteroatoms. The first-order valence-electron chi connectivity index (χ1n) is 5.98. The molecule has 0 radical (unpaired) electrons. The second kappa shape index (κ2) is 6.83. The van der Waals surface area contributed by atoms with Gasteiger partial charge < -0.3 is 20.8 Å². The van der Waals surface area contributed by atoms with Crippen LogP contribution in [0.2, 0.25) is 0 Å². The minimum atomic E-state index is -1.40. The highest BCUT2D eigenvalue weighted by Crippen LogP contribution is 2.33. The van der Waals surface area contributed by atoms with Gasteiger partial charge >= 0.3 is 18.0 Å². The number of hydrogen-bond donors (Lipinski definition) is 4. The molecule has 1 aliphatic rings. The summed E-state index contributed by atoms with van der Waals surface area (Å²) in [7, 11) is 0. The zero-order chi connectivity index (χ0) is 13.5. The monoisotopic (exact) mass is 258 g/mol. The van der Waals surface area contributed by atoms with Crippen LogP contribution in [0.1, 0.15) is 32.1 Å². The van der Waals surface area contributed by atoms with Gasteiger partial charge in [0.25, 0.3) is 0 Å². The molecule has 0 aliphatic heterocycles. The molecule has 0 aromatic carbocycles. The fraction of sp³-hybridized carbons (Fsp3) is 0.727. The molecule has 2 amide bonds. The average Bonchev–Trinajstić information content (AvgIpc) is 3.06. The molecule has 1 rings (SSSR count). The topological polar surface area (TPSA) is 116 Å². The lowest BCUT2D eigenvalue weighted by atomic mass is 10.2. The fourth-order valence-electron chi connectivity index (χ4n) is 1.58. The summed E-state index contributed by atoms with van der Waals surface area (Å²) in [5.74, 6) is -1.84. The summed E-state index contributed by atoms with van der Waals surface area (Å²) < 4.78 is 0. The SMILES string of the molecule is O=C(O)C[C@H](NC(=O)NCCCC1CC1)C(=O)O. The number of carbonyl (C=O) groups excluding carboxylic acids is 1. The molecule has 0 unspecified atom stereocenters. The molecule has 0 saturated heterocycles. The van der Waals surface area contributed by atoms with Crippen molar-refractivity contribution in [3.8, 4) is 0 Å². The lowest BCUT2D eigenvalue weighted by molar-refractivity contribution is -0.145. The Bertz CT molecular complexity index is 327. The first kappa shape index (κ1) is 14.3. The standard InChI is InChI=1S/C11H18N2O5/c14-9(15)6-8(10(16)17)13-11(18)12-5-1-2-7-3-4-7/h7-8H,1-6H2,(H,14,15)(H,16,17)(H2,12,13,18)/t8-/m0/s1. The molecule has 1 saturated carbocycles. The third kappa shape index (κ3) is 6.07. The predicted octanol–water partition coefficient (Wildman–Crippen LogP) is 0.404. The smallest absolute Gasteiger partial charge is 0.326 e. The zero-order valence-corrected chi connectivity index (χ0v) is 10.0. The first-order chi connectivity index (χ1) is 8.49. The Morgan fingerprint density at radius 1 is 1.22 bits per heavy atom. The number of hydrogen-bond acceptors (Lipinski definition) is 3. The zero-order valence-electron chi connectivity index (χ0n) is 10.0. The molecule has 1 fully saturated rings. The van der Waals surface area contributed by atoms with E-state index >= 15 is 0 Å². The number of carboxylic acids is 2. The van der Waals surface area contributed by atoms with E-state index in [-0.39, 0.29) is 0 Å². The van der Waals surface area contributed by atoms with Crippen LogP contribution < -0.4 is 10.6 Å². The molecule has 0 aromatic heterocycles. The molecule has 1 atom stereocenters. The van der Waals surface area contributed by atoms with E-state index in [1.807, 2.05) is 0 Å². The predicted molar refractivity (Wildman–Crippen MR) is 62.2 cm³/mol. The molecule has 0 aromatic rings. The van der Waals surface area contributed by atoms with E-state index in [1.54, 1.807) is 0 Å². The van der Waals surface area contributed by atoms with Crippen LogP contribution in [-0.4, -0.2) is 40.8 Å². The maximum absolute atomic E-state index is 11.3. The summed E-state index contributed by atoms with van der Waals surface area (Å²) in [6.45, 7) is 0.474. The average molecular weight is 258 g/mol. The van der Waals surface area contributed by atoms with Crippen LogP contribution in [0.4, 0.5) is 4.79 Å². The van der Waals surface area contributed by atoms with E-state index in [4.69, 9.17) is 10.2 Å². The van der Waals surface area contributed by atoms with E-state index in [0.717, 1.165) is 18.8 Å². The number of rotatable bonds is 8. The van der Waals surface area contributed by atoms with Crippen molar-refractivity contribution in [2.24, 2.45) is 5.92 Å². The summed E-state index contributed by atoms with van der Waals surface area (Å²) >= 11 is 0. The Kier molecular flexibility index (Phi) is 5.41. The highest BCUT2D eigenvalue weighted by atomic mass is 16.4. The van der Waals surface area contributed by atoms with Crippen LogP contribution in [0, 0.1) is 5.92 Å². The van der Waals surface area contributed by atoms with Gasteiger partial charge in [-0.05, 0) is 18.8 Å². The van der Waals surface area contributed by atoms with Crippen LogP contribution >= 0.6 is 0 Å². The number of urea groups is 1. The van der Waals surface area contributed by atoms with E-state index < -0.39 is 30.4 Å². The largest absolute Gasteiger partial charge is 0.481 e. The van der Waals surface area contributed by atoms with Crippen LogP contribution in [0.15, 0.2) is 0 Å². The van der Waals surface area contributed by atoms with Crippen molar-refractivity contribution in [3.05, 3.63) is 0 Å². The van der Waals surface area contributed by atoms with E-state index in [1.165, 1.54) is 12.8 Å². The Balaban J connectivity index is 2.17. The molecule has 0 spiro atoms. The number of carboxylic acid groups (broad SMARTS) is 2. The number of amides is 2. The van der Waals surface area contributed by atoms with Gasteiger partial charge in [0, 0.05) is 6.54 Å². The van der Waals surface area contributed by atoms with Gasteiger partial charge in [-0.2, -0.15) is 0 Å². The van der Waals surface area contributed by atoms with E-state index in [0.29, 0.717) is 6.54 Å². The third-order valence-electron chi connectivity index (χ3n) is 2.75. The minimum Gasteiger partial charge on any atom is -0.481 e. The molecule has 0 bridgehead atoms. The lowest BCUT2D eigenvalue weighted by Gasteiger charge is -2.13. The van der Waals surface area contributed by atoms with Gasteiger partial charge in [-0.25, -0.2) is 9.59 Å². The van der Waals surface area contributed by atoms with Crippen molar-refractivity contribution in [2.75, 3.05) is 6.54 Å². The summed E-state index contributed by atoms with van der Waals surface area (Å²) in [5, 5.41) is 21.8. The van der Waals surface area contributed by atoms with Gasteiger partial charge in [-0.3, -0.25) is 4.79 Å². The van der Waals surface area contributed by atoms with Crippen molar-refractivity contribution in [3.63, 3.8) is 0 Å². The summed E-state index contributed by atoms with van der Waals surface area (Å²) in [6.07, 6.45) is 3.80. The summed E-state index contributed by atoms with van der Waals surface area (Å²) in [6, 6.07) is -2.04. The molecule has 4 N–H and O–H groups in total. The normalized spacial score (nSPS) is 15.8. The van der Waals surface area contributed by atoms with Gasteiger partial charge in [0.1, 0.15) is 6.04 Å². The highest BCUT2D eigenvalue weighted by Gasteiger charge is 2.23. The second-order valence-electron chi connectivity index (χ2n) is 4.47. The summed E-state index contributed by atoms with van der Waals surface area (Å²) in [4.78, 5) is 32.4. The highest BCUT2D eigenvalue weighted by molar-refractivity contribution is 5.86. The molecule has 0 heterocycles. The van der Waals surface area contributed by atoms with Crippen molar-refractivity contribution >= 4 is 18.0 Å². The Labute approximate surface area is 105 Å².